The minimum atomic E-state index is 0.226. The molecule has 10 heteroatoms. The molecule has 32 heavy (non-hydrogen) atoms. The summed E-state index contributed by atoms with van der Waals surface area (Å²) in [7, 11) is 0. The molecule has 2 N–H and O–H groups in total. The summed E-state index contributed by atoms with van der Waals surface area (Å²) in [5.74, 6) is 1.38. The molecule has 0 atom stereocenters. The van der Waals surface area contributed by atoms with Gasteiger partial charge in [0.2, 0.25) is 0 Å². The topological polar surface area (TPSA) is 112 Å². The molecule has 5 heterocycles. The van der Waals surface area contributed by atoms with E-state index < -0.39 is 0 Å². The first-order chi connectivity index (χ1) is 15.7. The molecule has 0 unspecified atom stereocenters. The zero-order valence-corrected chi connectivity index (χ0v) is 18.2. The van der Waals surface area contributed by atoms with Crippen molar-refractivity contribution in [2.24, 2.45) is 0 Å². The van der Waals surface area contributed by atoms with Gasteiger partial charge in [-0.15, -0.1) is 5.10 Å². The van der Waals surface area contributed by atoms with Crippen LogP contribution in [0.25, 0.3) is 5.65 Å². The van der Waals surface area contributed by atoms with Crippen molar-refractivity contribution in [1.82, 2.24) is 34.1 Å². The van der Waals surface area contributed by atoms with E-state index in [1.165, 1.54) is 24.8 Å². The number of pyridine rings is 1. The molecule has 4 aromatic rings. The second-order valence-electron chi connectivity index (χ2n) is 8.12. The Morgan fingerprint density at radius 1 is 1.12 bits per heavy atom. The molecule has 0 bridgehead atoms. The summed E-state index contributed by atoms with van der Waals surface area (Å²) in [5, 5.41) is 4.51. The fourth-order valence-electron chi connectivity index (χ4n) is 4.14. The molecule has 1 aliphatic heterocycles. The first-order valence-corrected chi connectivity index (χ1v) is 11.0. The molecule has 1 saturated heterocycles. The predicted octanol–water partition coefficient (Wildman–Crippen LogP) is 2.27. The van der Waals surface area contributed by atoms with Crippen molar-refractivity contribution < 1.29 is 4.74 Å². The van der Waals surface area contributed by atoms with E-state index in [9.17, 15) is 0 Å². The number of imidazole rings is 2. The van der Waals surface area contributed by atoms with E-state index in [-0.39, 0.29) is 6.01 Å². The van der Waals surface area contributed by atoms with Gasteiger partial charge in [0.25, 0.3) is 0 Å². The number of hydrogen-bond acceptors (Lipinski definition) is 8. The van der Waals surface area contributed by atoms with Gasteiger partial charge in [-0.25, -0.2) is 19.5 Å². The lowest BCUT2D eigenvalue weighted by Crippen LogP contribution is -2.30. The molecular formula is C22H27N9O. The standard InChI is InChI=1S/C22H27N9O/c1-16-11-17(13-25-20(16)30-6-3-2-4-7-30)12-18-14-26-21-19(23)27-22(28-31(18)21)32-10-9-29-8-5-24-15-29/h5,8,11,13-15H,2-4,6-7,9-10,12H2,1H3,(H2,23,27,28). The van der Waals surface area contributed by atoms with Gasteiger partial charge in [0.05, 0.1) is 24.8 Å². The molecule has 4 aromatic heterocycles. The van der Waals surface area contributed by atoms with Crippen LogP contribution >= 0.6 is 0 Å². The highest BCUT2D eigenvalue weighted by atomic mass is 16.5. The van der Waals surface area contributed by atoms with Crippen LogP contribution in [-0.4, -0.2) is 53.8 Å². The molecule has 0 spiro atoms. The van der Waals surface area contributed by atoms with E-state index in [2.05, 4.69) is 37.9 Å². The minimum Gasteiger partial charge on any atom is -0.460 e. The maximum atomic E-state index is 6.11. The number of rotatable bonds is 7. The molecule has 166 valence electrons. The first-order valence-electron chi connectivity index (χ1n) is 11.0. The maximum absolute atomic E-state index is 6.11. The molecule has 0 saturated carbocycles. The summed E-state index contributed by atoms with van der Waals surface area (Å²) in [6, 6.07) is 2.42. The first kappa shape index (κ1) is 20.2. The Balaban J connectivity index is 1.33. The maximum Gasteiger partial charge on any atom is 0.336 e. The summed E-state index contributed by atoms with van der Waals surface area (Å²) in [4.78, 5) is 19.8. The van der Waals surface area contributed by atoms with Crippen LogP contribution < -0.4 is 15.4 Å². The van der Waals surface area contributed by atoms with Gasteiger partial charge in [-0.1, -0.05) is 6.07 Å². The van der Waals surface area contributed by atoms with Gasteiger partial charge in [-0.2, -0.15) is 4.98 Å². The molecule has 0 aliphatic carbocycles. The van der Waals surface area contributed by atoms with Crippen LogP contribution in [0.4, 0.5) is 11.6 Å². The third-order valence-corrected chi connectivity index (χ3v) is 5.73. The molecule has 1 aliphatic rings. The summed E-state index contributed by atoms with van der Waals surface area (Å²) >= 11 is 0. The van der Waals surface area contributed by atoms with E-state index in [1.54, 1.807) is 23.2 Å². The van der Waals surface area contributed by atoms with E-state index in [0.29, 0.717) is 31.0 Å². The van der Waals surface area contributed by atoms with Crippen molar-refractivity contribution in [2.45, 2.75) is 39.2 Å². The van der Waals surface area contributed by atoms with Crippen molar-refractivity contribution in [2.75, 3.05) is 30.3 Å². The number of aromatic nitrogens is 7. The van der Waals surface area contributed by atoms with E-state index in [1.807, 2.05) is 17.0 Å². The summed E-state index contributed by atoms with van der Waals surface area (Å²) < 4.78 is 9.36. The number of fused-ring (bicyclic) bond motifs is 1. The Labute approximate surface area is 186 Å². The molecule has 1 fully saturated rings. The van der Waals surface area contributed by atoms with Crippen molar-refractivity contribution in [3.8, 4) is 6.01 Å². The Morgan fingerprint density at radius 2 is 2.00 bits per heavy atom. The summed E-state index contributed by atoms with van der Waals surface area (Å²) in [6.07, 6.45) is 13.5. The van der Waals surface area contributed by atoms with Crippen LogP contribution in [0.2, 0.25) is 0 Å². The third kappa shape index (κ3) is 4.20. The number of nitrogens with two attached hydrogens (primary N) is 1. The van der Waals surface area contributed by atoms with Gasteiger partial charge in [0, 0.05) is 38.1 Å². The summed E-state index contributed by atoms with van der Waals surface area (Å²) in [6.45, 7) is 5.35. The van der Waals surface area contributed by atoms with Crippen molar-refractivity contribution >= 4 is 17.3 Å². The smallest absolute Gasteiger partial charge is 0.336 e. The van der Waals surface area contributed by atoms with E-state index >= 15 is 0 Å². The number of nitrogens with zero attached hydrogens (tertiary/aromatic N) is 8. The van der Waals surface area contributed by atoms with Gasteiger partial charge >= 0.3 is 6.01 Å². The Hall–Kier alpha value is -3.69. The molecule has 0 radical (unpaired) electrons. The molecule has 0 aromatic carbocycles. The fourth-order valence-corrected chi connectivity index (χ4v) is 4.14. The Bertz CT molecular complexity index is 1200. The van der Waals surface area contributed by atoms with Crippen LogP contribution in [0.1, 0.15) is 36.1 Å². The van der Waals surface area contributed by atoms with E-state index in [0.717, 1.165) is 30.2 Å². The number of nitrogen functional groups attached to an aromatic ring is 1. The second-order valence-corrected chi connectivity index (χ2v) is 8.12. The monoisotopic (exact) mass is 433 g/mol. The van der Waals surface area contributed by atoms with Crippen molar-refractivity contribution in [1.29, 1.82) is 0 Å². The highest BCUT2D eigenvalue weighted by Gasteiger charge is 2.16. The number of aryl methyl sites for hydroxylation is 1. The minimum absolute atomic E-state index is 0.226. The van der Waals surface area contributed by atoms with Crippen molar-refractivity contribution in [3.05, 3.63) is 54.0 Å². The summed E-state index contributed by atoms with van der Waals surface area (Å²) in [5.41, 5.74) is 9.83. The molecule has 10 nitrogen and oxygen atoms in total. The largest absolute Gasteiger partial charge is 0.460 e. The second kappa shape index (κ2) is 8.81. The van der Waals surface area contributed by atoms with Crippen LogP contribution in [-0.2, 0) is 13.0 Å². The van der Waals surface area contributed by atoms with Crippen LogP contribution in [0.15, 0.2) is 37.2 Å². The number of anilines is 2. The van der Waals surface area contributed by atoms with Crippen LogP contribution in [0.5, 0.6) is 6.01 Å². The van der Waals surface area contributed by atoms with Crippen LogP contribution in [0.3, 0.4) is 0 Å². The third-order valence-electron chi connectivity index (χ3n) is 5.73. The average Bonchev–Trinajstić information content (AvgIpc) is 3.45. The lowest BCUT2D eigenvalue weighted by atomic mass is 10.1. The highest BCUT2D eigenvalue weighted by Crippen LogP contribution is 2.23. The molecule has 0 amide bonds. The zero-order chi connectivity index (χ0) is 21.9. The number of hydrogen-bond donors (Lipinski definition) is 1. The fraction of sp³-hybridized carbons (Fsp3) is 0.409. The molecular weight excluding hydrogens is 406 g/mol. The lowest BCUT2D eigenvalue weighted by molar-refractivity contribution is 0.271. The molecule has 5 rings (SSSR count). The van der Waals surface area contributed by atoms with Gasteiger partial charge in [-0.3, -0.25) is 0 Å². The quantitative estimate of drug-likeness (QED) is 0.472. The number of ether oxygens (including phenoxy) is 1. The van der Waals surface area contributed by atoms with Crippen LogP contribution in [0, 0.1) is 6.92 Å². The van der Waals surface area contributed by atoms with Crippen molar-refractivity contribution in [3.63, 3.8) is 0 Å². The normalized spacial score (nSPS) is 14.2. The lowest BCUT2D eigenvalue weighted by Gasteiger charge is -2.29. The van der Waals surface area contributed by atoms with Gasteiger partial charge < -0.3 is 19.9 Å². The highest BCUT2D eigenvalue weighted by molar-refractivity contribution is 5.60. The SMILES string of the molecule is Cc1cc(Cc2cnc3c(N)nc(OCCn4ccnc4)nn23)cnc1N1CCCCC1. The van der Waals surface area contributed by atoms with Gasteiger partial charge in [-0.05, 0) is 37.3 Å². The average molecular weight is 434 g/mol. The zero-order valence-electron chi connectivity index (χ0n) is 18.2. The van der Waals surface area contributed by atoms with Gasteiger partial charge in [0.1, 0.15) is 12.4 Å². The Kier molecular flexibility index (Phi) is 5.57. The Morgan fingerprint density at radius 3 is 2.78 bits per heavy atom. The van der Waals surface area contributed by atoms with Gasteiger partial charge in [0.15, 0.2) is 11.5 Å². The predicted molar refractivity (Wildman–Crippen MR) is 121 cm³/mol. The number of piperidine rings is 1. The van der Waals surface area contributed by atoms with E-state index in [4.69, 9.17) is 15.5 Å².